The Kier molecular flexibility index (Phi) is 9.74. The van der Waals surface area contributed by atoms with Gasteiger partial charge in [-0.3, -0.25) is 13.9 Å². The number of nitrogens with zero attached hydrogens (tertiary/aromatic N) is 2. The van der Waals surface area contributed by atoms with Crippen molar-refractivity contribution in [3.05, 3.63) is 131 Å². The lowest BCUT2D eigenvalue weighted by atomic mass is 10.0. The Hall–Kier alpha value is -3.95. The SMILES string of the molecule is CNC(=O)[C@@H](Cc1ccccc1)N(Cc1ccccc1)C(=O)CN(c1cccc(Br)c1)S(=O)(=O)c1ccccc1. The van der Waals surface area contributed by atoms with Crippen molar-refractivity contribution in [1.82, 2.24) is 10.2 Å². The van der Waals surface area contributed by atoms with Crippen molar-refractivity contribution in [3.8, 4) is 0 Å². The number of benzene rings is 4. The quantitative estimate of drug-likeness (QED) is 0.255. The fourth-order valence-corrected chi connectivity index (χ4v) is 6.19. The summed E-state index contributed by atoms with van der Waals surface area (Å²) in [6.07, 6.45) is 0.265. The van der Waals surface area contributed by atoms with Gasteiger partial charge in [0.05, 0.1) is 10.6 Å². The van der Waals surface area contributed by atoms with Crippen LogP contribution in [0.25, 0.3) is 0 Å². The smallest absolute Gasteiger partial charge is 0.264 e. The maximum Gasteiger partial charge on any atom is 0.264 e. The summed E-state index contributed by atoms with van der Waals surface area (Å²) >= 11 is 3.41. The van der Waals surface area contributed by atoms with Crippen LogP contribution in [0.3, 0.4) is 0 Å². The van der Waals surface area contributed by atoms with Crippen LogP contribution in [0.1, 0.15) is 11.1 Å². The summed E-state index contributed by atoms with van der Waals surface area (Å²) < 4.78 is 29.5. The van der Waals surface area contributed by atoms with Crippen molar-refractivity contribution < 1.29 is 18.0 Å². The van der Waals surface area contributed by atoms with Gasteiger partial charge in [-0.25, -0.2) is 8.42 Å². The van der Waals surface area contributed by atoms with E-state index in [4.69, 9.17) is 0 Å². The lowest BCUT2D eigenvalue weighted by molar-refractivity contribution is -0.139. The second-order valence-corrected chi connectivity index (χ2v) is 11.9. The summed E-state index contributed by atoms with van der Waals surface area (Å²) in [5.74, 6) is -0.846. The summed E-state index contributed by atoms with van der Waals surface area (Å²) in [4.78, 5) is 28.9. The van der Waals surface area contributed by atoms with E-state index < -0.39 is 28.5 Å². The van der Waals surface area contributed by atoms with Crippen LogP contribution in [0.5, 0.6) is 0 Å². The third kappa shape index (κ3) is 7.16. The van der Waals surface area contributed by atoms with Gasteiger partial charge in [-0.05, 0) is 41.5 Å². The van der Waals surface area contributed by atoms with Crippen LogP contribution in [-0.4, -0.2) is 44.8 Å². The van der Waals surface area contributed by atoms with Gasteiger partial charge in [0, 0.05) is 24.5 Å². The topological polar surface area (TPSA) is 86.8 Å². The van der Waals surface area contributed by atoms with E-state index in [2.05, 4.69) is 21.2 Å². The predicted octanol–water partition coefficient (Wildman–Crippen LogP) is 5.03. The molecule has 0 aliphatic heterocycles. The van der Waals surface area contributed by atoms with Crippen molar-refractivity contribution in [2.24, 2.45) is 0 Å². The summed E-state index contributed by atoms with van der Waals surface area (Å²) in [7, 11) is -2.59. The molecule has 0 spiro atoms. The first kappa shape index (κ1) is 29.0. The lowest BCUT2D eigenvalue weighted by Gasteiger charge is -2.33. The molecule has 0 saturated heterocycles. The number of likely N-dealkylation sites (N-methyl/N-ethyl adjacent to an activating group) is 1. The third-order valence-corrected chi connectivity index (χ3v) is 8.70. The molecule has 0 bridgehead atoms. The highest BCUT2D eigenvalue weighted by Crippen LogP contribution is 2.27. The Morgan fingerprint density at radius 3 is 1.95 bits per heavy atom. The van der Waals surface area contributed by atoms with Crippen LogP contribution >= 0.6 is 15.9 Å². The van der Waals surface area contributed by atoms with Gasteiger partial charge < -0.3 is 10.2 Å². The molecule has 40 heavy (non-hydrogen) atoms. The second-order valence-electron chi connectivity index (χ2n) is 9.13. The molecule has 4 rings (SSSR count). The highest BCUT2D eigenvalue weighted by atomic mass is 79.9. The van der Waals surface area contributed by atoms with Gasteiger partial charge in [0.2, 0.25) is 11.8 Å². The molecule has 7 nitrogen and oxygen atoms in total. The summed E-state index contributed by atoms with van der Waals surface area (Å²) in [5.41, 5.74) is 2.02. The first-order valence-corrected chi connectivity index (χ1v) is 14.9. The molecule has 0 saturated carbocycles. The van der Waals surface area contributed by atoms with E-state index in [0.29, 0.717) is 10.2 Å². The Balaban J connectivity index is 1.77. The molecule has 0 aromatic heterocycles. The number of halogens is 1. The second kappa shape index (κ2) is 13.4. The molecule has 0 aliphatic carbocycles. The van der Waals surface area contributed by atoms with Gasteiger partial charge in [-0.2, -0.15) is 0 Å². The molecule has 0 aliphatic rings. The average molecular weight is 621 g/mol. The standard InChI is InChI=1S/C31H30BrN3O4S/c1-33-31(37)29(20-24-12-5-2-6-13-24)34(22-25-14-7-3-8-15-25)30(36)23-35(27-17-11-16-26(32)21-27)40(38,39)28-18-9-4-10-19-28/h2-19,21,29H,20,22-23H2,1H3,(H,33,37)/t29-/m1/s1. The van der Waals surface area contributed by atoms with Crippen LogP contribution in [0.2, 0.25) is 0 Å². The molecule has 0 unspecified atom stereocenters. The van der Waals surface area contributed by atoms with Crippen LogP contribution in [0.4, 0.5) is 5.69 Å². The van der Waals surface area contributed by atoms with Gasteiger partial charge in [-0.15, -0.1) is 0 Å². The number of nitrogens with one attached hydrogen (secondary N) is 1. The number of rotatable bonds is 11. The molecule has 9 heteroatoms. The monoisotopic (exact) mass is 619 g/mol. The third-order valence-electron chi connectivity index (χ3n) is 6.42. The number of carbonyl (C=O) groups excluding carboxylic acids is 2. The maximum absolute atomic E-state index is 14.2. The molecule has 0 radical (unpaired) electrons. The van der Waals surface area contributed by atoms with Crippen LogP contribution in [0.15, 0.2) is 125 Å². The molecule has 1 atom stereocenters. The van der Waals surface area contributed by atoms with E-state index in [1.165, 1.54) is 24.1 Å². The van der Waals surface area contributed by atoms with Crippen molar-refractivity contribution >= 4 is 43.5 Å². The van der Waals surface area contributed by atoms with Crippen LogP contribution in [-0.2, 0) is 32.6 Å². The van der Waals surface area contributed by atoms with Crippen molar-refractivity contribution in [2.45, 2.75) is 23.9 Å². The van der Waals surface area contributed by atoms with E-state index in [0.717, 1.165) is 15.4 Å². The van der Waals surface area contributed by atoms with E-state index >= 15 is 0 Å². The predicted molar refractivity (Wildman–Crippen MR) is 160 cm³/mol. The zero-order valence-electron chi connectivity index (χ0n) is 22.0. The molecular weight excluding hydrogens is 590 g/mol. The lowest BCUT2D eigenvalue weighted by Crippen LogP contribution is -2.53. The normalized spacial score (nSPS) is 11.8. The minimum Gasteiger partial charge on any atom is -0.357 e. The fraction of sp³-hybridized carbons (Fsp3) is 0.161. The summed E-state index contributed by atoms with van der Waals surface area (Å²) in [5, 5.41) is 2.68. The molecule has 0 heterocycles. The Morgan fingerprint density at radius 2 is 1.38 bits per heavy atom. The Morgan fingerprint density at radius 1 is 0.800 bits per heavy atom. The van der Waals surface area contributed by atoms with Gasteiger partial charge in [-0.1, -0.05) is 101 Å². The Bertz CT molecular complexity index is 1530. The molecular formula is C31H30BrN3O4S. The average Bonchev–Trinajstić information content (AvgIpc) is 2.98. The number of anilines is 1. The van der Waals surface area contributed by atoms with Gasteiger partial charge in [0.1, 0.15) is 12.6 Å². The fourth-order valence-electron chi connectivity index (χ4n) is 4.38. The van der Waals surface area contributed by atoms with Crippen LogP contribution in [0, 0.1) is 0 Å². The van der Waals surface area contributed by atoms with E-state index in [1.807, 2.05) is 60.7 Å². The highest BCUT2D eigenvalue weighted by Gasteiger charge is 2.34. The number of carbonyl (C=O) groups is 2. The van der Waals surface area contributed by atoms with E-state index in [9.17, 15) is 18.0 Å². The van der Waals surface area contributed by atoms with Crippen molar-refractivity contribution in [3.63, 3.8) is 0 Å². The van der Waals surface area contributed by atoms with Crippen molar-refractivity contribution in [2.75, 3.05) is 17.9 Å². The highest BCUT2D eigenvalue weighted by molar-refractivity contribution is 9.10. The van der Waals surface area contributed by atoms with Gasteiger partial charge in [0.15, 0.2) is 0 Å². The molecule has 1 N–H and O–H groups in total. The van der Waals surface area contributed by atoms with Crippen LogP contribution < -0.4 is 9.62 Å². The van der Waals surface area contributed by atoms with Gasteiger partial charge in [0.25, 0.3) is 10.0 Å². The number of hydrogen-bond donors (Lipinski definition) is 1. The van der Waals surface area contributed by atoms with E-state index in [-0.39, 0.29) is 23.8 Å². The van der Waals surface area contributed by atoms with E-state index in [1.54, 1.807) is 42.5 Å². The first-order valence-electron chi connectivity index (χ1n) is 12.7. The Labute approximate surface area is 243 Å². The number of hydrogen-bond acceptors (Lipinski definition) is 4. The number of amides is 2. The molecule has 2 amide bonds. The minimum atomic E-state index is -4.12. The minimum absolute atomic E-state index is 0.0597. The largest absolute Gasteiger partial charge is 0.357 e. The van der Waals surface area contributed by atoms with Crippen molar-refractivity contribution in [1.29, 1.82) is 0 Å². The first-order chi connectivity index (χ1) is 19.3. The molecule has 4 aromatic rings. The summed E-state index contributed by atoms with van der Waals surface area (Å²) in [6, 6.07) is 32.7. The number of sulfonamides is 1. The zero-order chi connectivity index (χ0) is 28.5. The molecule has 0 fully saturated rings. The summed E-state index contributed by atoms with van der Waals surface area (Å²) in [6.45, 7) is -0.370. The maximum atomic E-state index is 14.2. The zero-order valence-corrected chi connectivity index (χ0v) is 24.4. The molecule has 4 aromatic carbocycles. The molecule has 206 valence electrons. The van der Waals surface area contributed by atoms with Gasteiger partial charge >= 0.3 is 0 Å².